The van der Waals surface area contributed by atoms with E-state index in [1.165, 1.54) is 0 Å². The Bertz CT molecular complexity index is 1610. The van der Waals surface area contributed by atoms with Crippen LogP contribution >= 0.6 is 45.8 Å². The number of benzene rings is 3. The van der Waals surface area contributed by atoms with Gasteiger partial charge in [-0.15, -0.1) is 0 Å². The maximum Gasteiger partial charge on any atom is 0.319 e. The molecule has 3 aromatic rings. The molecular weight excluding hydrogens is 702 g/mol. The minimum atomic E-state index is -1.21. The minimum absolute atomic E-state index is 0.0154. The van der Waals surface area contributed by atoms with Gasteiger partial charge in [-0.25, -0.2) is 4.79 Å². The quantitative estimate of drug-likeness (QED) is 0.306. The fraction of sp³-hybridized carbons (Fsp3) is 0.344. The van der Waals surface area contributed by atoms with E-state index in [1.54, 1.807) is 37.2 Å². The summed E-state index contributed by atoms with van der Waals surface area (Å²) in [4.78, 5) is 43.8. The Balaban J connectivity index is 1.45. The van der Waals surface area contributed by atoms with Crippen LogP contribution in [-0.2, 0) is 15.0 Å². The fourth-order valence-electron chi connectivity index (χ4n) is 6.75. The van der Waals surface area contributed by atoms with E-state index < -0.39 is 17.4 Å². The number of halogens is 3. The van der Waals surface area contributed by atoms with Crippen molar-refractivity contribution in [3.63, 3.8) is 0 Å². The number of rotatable bonds is 4. The van der Waals surface area contributed by atoms with Crippen LogP contribution in [0.2, 0.25) is 10.0 Å². The number of carbonyl (C=O) groups is 3. The van der Waals surface area contributed by atoms with Gasteiger partial charge in [-0.3, -0.25) is 9.59 Å². The maximum absolute atomic E-state index is 14.4. The van der Waals surface area contributed by atoms with E-state index in [-0.39, 0.29) is 30.4 Å². The average Bonchev–Trinajstić information content (AvgIpc) is 3.25. The van der Waals surface area contributed by atoms with Crippen molar-refractivity contribution in [2.45, 2.75) is 42.7 Å². The molecule has 8 nitrogen and oxygen atoms in total. The summed E-state index contributed by atoms with van der Waals surface area (Å²) in [7, 11) is 3.50. The predicted molar refractivity (Wildman–Crippen MR) is 175 cm³/mol. The molecular formula is C32H31Cl2IN4O4. The van der Waals surface area contributed by atoms with Crippen LogP contribution < -0.4 is 15.4 Å². The zero-order valence-corrected chi connectivity index (χ0v) is 27.4. The van der Waals surface area contributed by atoms with E-state index in [4.69, 9.17) is 27.9 Å². The molecule has 3 aliphatic heterocycles. The van der Waals surface area contributed by atoms with E-state index >= 15 is 0 Å². The SMILES string of the molecule is CN(C)C(=O)N1CCC(Oc2ccc(I)cc2C2NC(=O)CC(c3cccc(Cl)c3)C23C(=O)Nc2cc(Cl)ccc23)CC1. The zero-order valence-electron chi connectivity index (χ0n) is 23.7. The Morgan fingerprint density at radius 3 is 2.49 bits per heavy atom. The number of hydrogen-bond donors (Lipinski definition) is 2. The first kappa shape index (κ1) is 30.0. The Labute approximate surface area is 274 Å². The van der Waals surface area contributed by atoms with Gasteiger partial charge < -0.3 is 25.2 Å². The Kier molecular flexibility index (Phi) is 8.25. The fourth-order valence-corrected chi connectivity index (χ4v) is 7.64. The smallest absolute Gasteiger partial charge is 0.319 e. The third-order valence-corrected chi connectivity index (χ3v) is 9.81. The first-order valence-electron chi connectivity index (χ1n) is 14.2. The van der Waals surface area contributed by atoms with Crippen LogP contribution in [0.4, 0.5) is 10.5 Å². The number of carbonyl (C=O) groups excluding carboxylic acids is 3. The van der Waals surface area contributed by atoms with E-state index in [1.807, 2.05) is 47.4 Å². The summed E-state index contributed by atoms with van der Waals surface area (Å²) in [5, 5.41) is 7.31. The molecule has 3 heterocycles. The largest absolute Gasteiger partial charge is 0.490 e. The molecule has 0 aromatic heterocycles. The number of anilines is 1. The number of piperidine rings is 2. The molecule has 2 fully saturated rings. The molecule has 11 heteroatoms. The van der Waals surface area contributed by atoms with Crippen molar-refractivity contribution < 1.29 is 19.1 Å². The van der Waals surface area contributed by atoms with Crippen molar-refractivity contribution in [3.05, 3.63) is 91.0 Å². The first-order valence-corrected chi connectivity index (χ1v) is 16.0. The second kappa shape index (κ2) is 11.8. The van der Waals surface area contributed by atoms with Crippen LogP contribution in [0.15, 0.2) is 60.7 Å². The number of likely N-dealkylation sites (tertiary alicyclic amines) is 1. The highest BCUT2D eigenvalue weighted by Gasteiger charge is 2.61. The number of amides is 4. The lowest BCUT2D eigenvalue weighted by molar-refractivity contribution is -0.131. The van der Waals surface area contributed by atoms with Crippen molar-refractivity contribution in [3.8, 4) is 5.75 Å². The van der Waals surface area contributed by atoms with Crippen LogP contribution in [0, 0.1) is 3.57 Å². The number of nitrogens with one attached hydrogen (secondary N) is 2. The van der Waals surface area contributed by atoms with Crippen molar-refractivity contribution in [2.24, 2.45) is 0 Å². The van der Waals surface area contributed by atoms with E-state index in [9.17, 15) is 14.4 Å². The molecule has 43 heavy (non-hydrogen) atoms. The van der Waals surface area contributed by atoms with E-state index in [0.717, 1.165) is 20.3 Å². The molecule has 3 aliphatic rings. The molecule has 3 aromatic carbocycles. The van der Waals surface area contributed by atoms with Gasteiger partial charge in [0.25, 0.3) is 0 Å². The van der Waals surface area contributed by atoms with Gasteiger partial charge in [-0.1, -0.05) is 41.4 Å². The van der Waals surface area contributed by atoms with Crippen molar-refractivity contribution in [1.82, 2.24) is 15.1 Å². The molecule has 0 saturated carbocycles. The van der Waals surface area contributed by atoms with Crippen molar-refractivity contribution in [1.29, 1.82) is 0 Å². The Morgan fingerprint density at radius 1 is 1.02 bits per heavy atom. The lowest BCUT2D eigenvalue weighted by Crippen LogP contribution is -2.57. The predicted octanol–water partition coefficient (Wildman–Crippen LogP) is 6.36. The molecule has 6 rings (SSSR count). The lowest BCUT2D eigenvalue weighted by atomic mass is 9.59. The first-order chi connectivity index (χ1) is 20.6. The van der Waals surface area contributed by atoms with Crippen molar-refractivity contribution in [2.75, 3.05) is 32.5 Å². The lowest BCUT2D eigenvalue weighted by Gasteiger charge is -2.47. The minimum Gasteiger partial charge on any atom is -0.490 e. The van der Waals surface area contributed by atoms with Gasteiger partial charge in [0.15, 0.2) is 0 Å². The van der Waals surface area contributed by atoms with Crippen LogP contribution in [-0.4, -0.2) is 60.9 Å². The molecule has 224 valence electrons. The number of urea groups is 1. The number of nitrogens with zero attached hydrogens (tertiary/aromatic N) is 2. The summed E-state index contributed by atoms with van der Waals surface area (Å²) in [5.41, 5.74) is 1.70. The molecule has 2 N–H and O–H groups in total. The number of ether oxygens (including phenoxy) is 1. The summed E-state index contributed by atoms with van der Waals surface area (Å²) in [5.74, 6) is -0.306. The van der Waals surface area contributed by atoms with E-state index in [2.05, 4.69) is 33.2 Å². The monoisotopic (exact) mass is 732 g/mol. The Morgan fingerprint density at radius 2 is 1.77 bits per heavy atom. The summed E-state index contributed by atoms with van der Waals surface area (Å²) in [6, 6.07) is 17.9. The van der Waals surface area contributed by atoms with Gasteiger partial charge in [-0.2, -0.15) is 0 Å². The molecule has 1 spiro atoms. The van der Waals surface area contributed by atoms with Crippen LogP contribution in [0.1, 0.15) is 47.9 Å². The third kappa shape index (κ3) is 5.44. The second-order valence-corrected chi connectivity index (χ2v) is 13.6. The molecule has 3 atom stereocenters. The summed E-state index contributed by atoms with van der Waals surface area (Å²) in [6.07, 6.45) is 1.30. The standard InChI is InChI=1S/C32H31Cl2IN4O4/c1-38(2)31(42)39-12-10-22(11-13-39)43-27-9-7-21(35)16-23(27)29-32(24-8-6-20(34)15-26(24)36-30(32)41)25(17-28(40)37-29)18-4-3-5-19(33)14-18/h3-9,14-16,22,25,29H,10-13,17H2,1-2H3,(H,36,41)(H,37,40). The number of fused-ring (bicyclic) bond motifs is 2. The Hall–Kier alpha value is -3.02. The van der Waals surface area contributed by atoms with Gasteiger partial charge in [0.1, 0.15) is 17.3 Å². The molecule has 4 amide bonds. The van der Waals surface area contributed by atoms with Crippen LogP contribution in [0.25, 0.3) is 0 Å². The average molecular weight is 733 g/mol. The highest BCUT2D eigenvalue weighted by atomic mass is 127. The van der Waals surface area contributed by atoms with Gasteiger partial charge >= 0.3 is 6.03 Å². The topological polar surface area (TPSA) is 91.0 Å². The van der Waals surface area contributed by atoms with Crippen molar-refractivity contribution >= 4 is 69.3 Å². The van der Waals surface area contributed by atoms with Gasteiger partial charge in [-0.05, 0) is 76.2 Å². The van der Waals surface area contributed by atoms with Gasteiger partial charge in [0, 0.05) is 77.2 Å². The van der Waals surface area contributed by atoms with Gasteiger partial charge in [0.05, 0.1) is 6.04 Å². The highest BCUT2D eigenvalue weighted by molar-refractivity contribution is 14.1. The molecule has 2 saturated heterocycles. The van der Waals surface area contributed by atoms with Crippen LogP contribution in [0.5, 0.6) is 5.75 Å². The summed E-state index contributed by atoms with van der Waals surface area (Å²) >= 11 is 15.0. The molecule has 0 bridgehead atoms. The maximum atomic E-state index is 14.4. The summed E-state index contributed by atoms with van der Waals surface area (Å²) in [6.45, 7) is 1.16. The zero-order chi connectivity index (χ0) is 30.5. The molecule has 0 radical (unpaired) electrons. The van der Waals surface area contributed by atoms with E-state index in [0.29, 0.717) is 47.4 Å². The third-order valence-electron chi connectivity index (χ3n) is 8.67. The van der Waals surface area contributed by atoms with Gasteiger partial charge in [0.2, 0.25) is 11.8 Å². The van der Waals surface area contributed by atoms with Crippen LogP contribution in [0.3, 0.4) is 0 Å². The number of hydrogen-bond acceptors (Lipinski definition) is 4. The highest BCUT2D eigenvalue weighted by Crippen LogP contribution is 2.58. The molecule has 0 aliphatic carbocycles. The second-order valence-electron chi connectivity index (χ2n) is 11.5. The normalized spacial score (nSPS) is 23.5. The summed E-state index contributed by atoms with van der Waals surface area (Å²) < 4.78 is 7.58. The molecule has 3 unspecified atom stereocenters.